The van der Waals surface area contributed by atoms with Gasteiger partial charge in [0.25, 0.3) is 0 Å². The summed E-state index contributed by atoms with van der Waals surface area (Å²) in [6.45, 7) is 11.7. The highest BCUT2D eigenvalue weighted by molar-refractivity contribution is 5.79. The maximum atomic E-state index is 12.2. The number of hydrogen-bond donors (Lipinski definition) is 2. The molecule has 0 bridgehead atoms. The molecule has 1 amide bonds. The first-order valence-electron chi connectivity index (χ1n) is 7.29. The van der Waals surface area contributed by atoms with Crippen LogP contribution in [-0.2, 0) is 4.79 Å². The average Bonchev–Trinajstić information content (AvgIpc) is 2.29. The van der Waals surface area contributed by atoms with Gasteiger partial charge in [-0.15, -0.1) is 0 Å². The molecule has 1 fully saturated rings. The van der Waals surface area contributed by atoms with Crippen LogP contribution in [0, 0.1) is 23.2 Å². The summed E-state index contributed by atoms with van der Waals surface area (Å²) >= 11 is 0. The molecule has 1 aliphatic rings. The average molecular weight is 254 g/mol. The Labute approximate surface area is 112 Å². The van der Waals surface area contributed by atoms with E-state index in [0.29, 0.717) is 11.8 Å². The van der Waals surface area contributed by atoms with Crippen LogP contribution in [0.2, 0.25) is 0 Å². The van der Waals surface area contributed by atoms with Crippen LogP contribution in [-0.4, -0.2) is 18.5 Å². The molecule has 3 unspecified atom stereocenters. The van der Waals surface area contributed by atoms with E-state index in [4.69, 9.17) is 5.73 Å². The Morgan fingerprint density at radius 1 is 1.39 bits per heavy atom. The molecule has 1 saturated carbocycles. The van der Waals surface area contributed by atoms with E-state index in [1.807, 2.05) is 0 Å². The zero-order valence-corrected chi connectivity index (χ0v) is 12.6. The monoisotopic (exact) mass is 254 g/mol. The van der Waals surface area contributed by atoms with Gasteiger partial charge in [0.15, 0.2) is 0 Å². The van der Waals surface area contributed by atoms with Gasteiger partial charge in [-0.1, -0.05) is 41.0 Å². The van der Waals surface area contributed by atoms with Gasteiger partial charge >= 0.3 is 0 Å². The molecule has 3 N–H and O–H groups in total. The van der Waals surface area contributed by atoms with Crippen LogP contribution in [0.4, 0.5) is 0 Å². The Bertz CT molecular complexity index is 286. The summed E-state index contributed by atoms with van der Waals surface area (Å²) in [5.41, 5.74) is 6.30. The molecular weight excluding hydrogens is 224 g/mol. The second-order valence-electron chi connectivity index (χ2n) is 6.95. The van der Waals surface area contributed by atoms with Crippen molar-refractivity contribution in [2.75, 3.05) is 6.54 Å². The molecule has 0 aromatic heterocycles. The minimum atomic E-state index is 0.0108. The van der Waals surface area contributed by atoms with Crippen LogP contribution in [0.25, 0.3) is 0 Å². The maximum Gasteiger partial charge on any atom is 0.224 e. The molecule has 0 radical (unpaired) electrons. The van der Waals surface area contributed by atoms with E-state index in [1.54, 1.807) is 0 Å². The summed E-state index contributed by atoms with van der Waals surface area (Å²) in [5, 5.41) is 3.11. The Morgan fingerprint density at radius 3 is 2.56 bits per heavy atom. The highest BCUT2D eigenvalue weighted by Crippen LogP contribution is 2.29. The number of nitrogens with one attached hydrogen (secondary N) is 1. The van der Waals surface area contributed by atoms with E-state index in [9.17, 15) is 4.79 Å². The van der Waals surface area contributed by atoms with Gasteiger partial charge in [0.05, 0.1) is 5.92 Å². The lowest BCUT2D eigenvalue weighted by atomic mass is 9.77. The molecule has 0 aromatic carbocycles. The van der Waals surface area contributed by atoms with Crippen molar-refractivity contribution in [2.45, 2.75) is 59.9 Å². The van der Waals surface area contributed by atoms with Crippen LogP contribution in [0.5, 0.6) is 0 Å². The molecular formula is C15H30N2O. The van der Waals surface area contributed by atoms with E-state index >= 15 is 0 Å². The predicted molar refractivity (Wildman–Crippen MR) is 76.1 cm³/mol. The predicted octanol–water partition coefficient (Wildman–Crippen LogP) is 2.55. The number of hydrogen-bond acceptors (Lipinski definition) is 2. The SMILES string of the molecule is CC1CCCC(C(=O)NCC(C)(C)C(C)C)C1N. The van der Waals surface area contributed by atoms with Gasteiger partial charge in [-0.25, -0.2) is 0 Å². The van der Waals surface area contributed by atoms with Crippen molar-refractivity contribution in [3.05, 3.63) is 0 Å². The van der Waals surface area contributed by atoms with Crippen molar-refractivity contribution in [2.24, 2.45) is 28.9 Å². The van der Waals surface area contributed by atoms with Gasteiger partial charge in [-0.3, -0.25) is 4.79 Å². The quantitative estimate of drug-likeness (QED) is 0.810. The molecule has 0 spiro atoms. The van der Waals surface area contributed by atoms with E-state index in [0.717, 1.165) is 25.8 Å². The lowest BCUT2D eigenvalue weighted by molar-refractivity contribution is -0.127. The molecule has 3 nitrogen and oxygen atoms in total. The molecule has 3 heteroatoms. The summed E-state index contributed by atoms with van der Waals surface area (Å²) in [5.74, 6) is 1.18. The Morgan fingerprint density at radius 2 is 2.00 bits per heavy atom. The van der Waals surface area contributed by atoms with Gasteiger partial charge in [-0.2, -0.15) is 0 Å². The maximum absolute atomic E-state index is 12.2. The van der Waals surface area contributed by atoms with Crippen LogP contribution >= 0.6 is 0 Å². The topological polar surface area (TPSA) is 55.1 Å². The molecule has 0 aromatic rings. The molecule has 1 rings (SSSR count). The smallest absolute Gasteiger partial charge is 0.224 e. The highest BCUT2D eigenvalue weighted by atomic mass is 16.1. The van der Waals surface area contributed by atoms with E-state index in [-0.39, 0.29) is 23.3 Å². The summed E-state index contributed by atoms with van der Waals surface area (Å²) in [4.78, 5) is 12.2. The molecule has 0 saturated heterocycles. The van der Waals surface area contributed by atoms with Gasteiger partial charge in [0.2, 0.25) is 5.91 Å². The highest BCUT2D eigenvalue weighted by Gasteiger charge is 2.33. The minimum absolute atomic E-state index is 0.0108. The number of amides is 1. The fourth-order valence-corrected chi connectivity index (χ4v) is 2.40. The van der Waals surface area contributed by atoms with E-state index in [2.05, 4.69) is 39.9 Å². The first kappa shape index (κ1) is 15.5. The third kappa shape index (κ3) is 3.71. The first-order chi connectivity index (χ1) is 8.25. The molecule has 3 atom stereocenters. The van der Waals surface area contributed by atoms with E-state index < -0.39 is 0 Å². The van der Waals surface area contributed by atoms with Crippen molar-refractivity contribution in [1.82, 2.24) is 5.32 Å². The largest absolute Gasteiger partial charge is 0.355 e. The zero-order valence-electron chi connectivity index (χ0n) is 12.6. The van der Waals surface area contributed by atoms with Crippen LogP contribution in [0.1, 0.15) is 53.9 Å². The third-order valence-corrected chi connectivity index (χ3v) is 4.91. The van der Waals surface area contributed by atoms with Crippen molar-refractivity contribution in [3.8, 4) is 0 Å². The molecule has 1 aliphatic carbocycles. The minimum Gasteiger partial charge on any atom is -0.355 e. The van der Waals surface area contributed by atoms with Crippen molar-refractivity contribution >= 4 is 5.91 Å². The summed E-state index contributed by atoms with van der Waals surface area (Å²) in [6, 6.07) is 0.0286. The Kier molecular flexibility index (Phi) is 5.20. The number of carbonyl (C=O) groups is 1. The second-order valence-corrected chi connectivity index (χ2v) is 6.95. The normalized spacial score (nSPS) is 29.4. The van der Waals surface area contributed by atoms with Crippen LogP contribution in [0.15, 0.2) is 0 Å². The van der Waals surface area contributed by atoms with Gasteiger partial charge < -0.3 is 11.1 Å². The third-order valence-electron chi connectivity index (χ3n) is 4.91. The second kappa shape index (κ2) is 6.05. The number of nitrogens with two attached hydrogens (primary N) is 1. The summed E-state index contributed by atoms with van der Waals surface area (Å²) < 4.78 is 0. The summed E-state index contributed by atoms with van der Waals surface area (Å²) in [6.07, 6.45) is 3.22. The number of rotatable bonds is 4. The fourth-order valence-electron chi connectivity index (χ4n) is 2.40. The van der Waals surface area contributed by atoms with Crippen molar-refractivity contribution < 1.29 is 4.79 Å². The van der Waals surface area contributed by atoms with Gasteiger partial charge in [0, 0.05) is 12.6 Å². The fraction of sp³-hybridized carbons (Fsp3) is 0.933. The molecule has 18 heavy (non-hydrogen) atoms. The van der Waals surface area contributed by atoms with Gasteiger partial charge in [0.1, 0.15) is 0 Å². The van der Waals surface area contributed by atoms with Crippen molar-refractivity contribution in [1.29, 1.82) is 0 Å². The molecule has 0 aliphatic heterocycles. The standard InChI is InChI=1S/C15H30N2O/c1-10(2)15(4,5)9-17-14(18)12-8-6-7-11(3)13(12)16/h10-13H,6-9,16H2,1-5H3,(H,17,18). The Hall–Kier alpha value is -0.570. The lowest BCUT2D eigenvalue weighted by Crippen LogP contribution is -2.49. The van der Waals surface area contributed by atoms with Crippen LogP contribution < -0.4 is 11.1 Å². The van der Waals surface area contributed by atoms with Crippen LogP contribution in [0.3, 0.4) is 0 Å². The molecule has 106 valence electrons. The molecule has 0 heterocycles. The first-order valence-corrected chi connectivity index (χ1v) is 7.29. The Balaban J connectivity index is 2.50. The lowest BCUT2D eigenvalue weighted by Gasteiger charge is -2.35. The van der Waals surface area contributed by atoms with Crippen molar-refractivity contribution in [3.63, 3.8) is 0 Å². The number of carbonyl (C=O) groups excluding carboxylic acids is 1. The van der Waals surface area contributed by atoms with E-state index in [1.165, 1.54) is 0 Å². The zero-order chi connectivity index (χ0) is 13.9. The summed E-state index contributed by atoms with van der Waals surface area (Å²) in [7, 11) is 0. The van der Waals surface area contributed by atoms with Gasteiger partial charge in [-0.05, 0) is 30.1 Å².